The molecule has 1 aliphatic rings. The van der Waals surface area contributed by atoms with Gasteiger partial charge in [-0.05, 0) is 30.3 Å². The van der Waals surface area contributed by atoms with E-state index in [9.17, 15) is 14.9 Å². The summed E-state index contributed by atoms with van der Waals surface area (Å²) in [7, 11) is 0. The molecule has 2 aromatic carbocycles. The Hall–Kier alpha value is -2.25. The molecule has 8 heteroatoms. The minimum absolute atomic E-state index is 0.478. The molecule has 0 saturated heterocycles. The van der Waals surface area contributed by atoms with Crippen LogP contribution in [0, 0.1) is 10.1 Å². The van der Waals surface area contributed by atoms with Crippen molar-refractivity contribution < 1.29 is 14.7 Å². The molecular formula is C14H9ClN2O4S. The summed E-state index contributed by atoms with van der Waals surface area (Å²) in [4.78, 5) is 30.0. The molecule has 1 heterocycles. The van der Waals surface area contributed by atoms with Crippen LogP contribution in [0.5, 0.6) is 0 Å². The molecule has 0 bridgehead atoms. The van der Waals surface area contributed by atoms with Crippen LogP contribution in [0.25, 0.3) is 0 Å². The van der Waals surface area contributed by atoms with E-state index in [-0.39, 0.29) is 0 Å². The summed E-state index contributed by atoms with van der Waals surface area (Å²) in [5.41, 5.74) is 1.24. The van der Waals surface area contributed by atoms with Gasteiger partial charge in [-0.2, -0.15) is 0 Å². The van der Waals surface area contributed by atoms with Gasteiger partial charge in [0, 0.05) is 14.8 Å². The lowest BCUT2D eigenvalue weighted by atomic mass is 10.2. The van der Waals surface area contributed by atoms with Crippen LogP contribution in [0.15, 0.2) is 52.3 Å². The Morgan fingerprint density at radius 2 is 1.95 bits per heavy atom. The Morgan fingerprint density at radius 1 is 1.23 bits per heavy atom. The Kier molecular flexibility index (Phi) is 3.91. The average molecular weight is 337 g/mol. The SMILES string of the molecule is O=C(CO[N+](=O)[O-])N1c2ccccc2Sc2ccc(Cl)cc21. The van der Waals surface area contributed by atoms with E-state index in [1.165, 1.54) is 16.7 Å². The van der Waals surface area contributed by atoms with Gasteiger partial charge in [0.2, 0.25) is 0 Å². The number of para-hydroxylation sites is 1. The fourth-order valence-corrected chi connectivity index (χ4v) is 3.37. The summed E-state index contributed by atoms with van der Waals surface area (Å²) in [5.74, 6) is -0.534. The summed E-state index contributed by atoms with van der Waals surface area (Å²) >= 11 is 7.52. The zero-order valence-electron chi connectivity index (χ0n) is 11.1. The van der Waals surface area contributed by atoms with E-state index in [1.54, 1.807) is 24.3 Å². The maximum absolute atomic E-state index is 12.4. The monoisotopic (exact) mass is 336 g/mol. The number of carbonyl (C=O) groups excluding carboxylic acids is 1. The van der Waals surface area contributed by atoms with Crippen molar-refractivity contribution in [1.29, 1.82) is 0 Å². The van der Waals surface area contributed by atoms with E-state index >= 15 is 0 Å². The lowest BCUT2D eigenvalue weighted by Gasteiger charge is -2.30. The van der Waals surface area contributed by atoms with Gasteiger partial charge in [0.25, 0.3) is 11.0 Å². The number of carbonyl (C=O) groups is 1. The fraction of sp³-hybridized carbons (Fsp3) is 0.0714. The molecule has 0 spiro atoms. The quantitative estimate of drug-likeness (QED) is 0.631. The van der Waals surface area contributed by atoms with Gasteiger partial charge in [0.15, 0.2) is 6.61 Å². The van der Waals surface area contributed by atoms with E-state index in [1.807, 2.05) is 18.2 Å². The second-order valence-electron chi connectivity index (χ2n) is 4.41. The van der Waals surface area contributed by atoms with Crippen molar-refractivity contribution in [3.8, 4) is 0 Å². The number of amides is 1. The third-order valence-electron chi connectivity index (χ3n) is 3.03. The van der Waals surface area contributed by atoms with Crippen LogP contribution in [-0.4, -0.2) is 17.6 Å². The van der Waals surface area contributed by atoms with Crippen molar-refractivity contribution in [2.75, 3.05) is 11.5 Å². The number of anilines is 2. The van der Waals surface area contributed by atoms with E-state index in [4.69, 9.17) is 11.6 Å². The van der Waals surface area contributed by atoms with E-state index < -0.39 is 17.6 Å². The summed E-state index contributed by atoms with van der Waals surface area (Å²) in [6.07, 6.45) is 0. The highest BCUT2D eigenvalue weighted by atomic mass is 35.5. The van der Waals surface area contributed by atoms with Gasteiger partial charge in [-0.15, -0.1) is 10.1 Å². The first-order valence-corrected chi connectivity index (χ1v) is 7.42. The second kappa shape index (κ2) is 5.86. The van der Waals surface area contributed by atoms with Crippen LogP contribution in [0.1, 0.15) is 0 Å². The second-order valence-corrected chi connectivity index (χ2v) is 5.93. The zero-order valence-corrected chi connectivity index (χ0v) is 12.6. The fourth-order valence-electron chi connectivity index (χ4n) is 2.17. The van der Waals surface area contributed by atoms with Gasteiger partial charge in [0.1, 0.15) is 0 Å². The highest BCUT2D eigenvalue weighted by molar-refractivity contribution is 7.99. The first-order chi connectivity index (χ1) is 10.6. The van der Waals surface area contributed by atoms with Gasteiger partial charge in [0.05, 0.1) is 11.4 Å². The van der Waals surface area contributed by atoms with Crippen molar-refractivity contribution in [3.63, 3.8) is 0 Å². The molecule has 0 saturated carbocycles. The van der Waals surface area contributed by atoms with Crippen molar-refractivity contribution in [1.82, 2.24) is 0 Å². The van der Waals surface area contributed by atoms with Gasteiger partial charge in [-0.25, -0.2) is 0 Å². The zero-order chi connectivity index (χ0) is 15.7. The Morgan fingerprint density at radius 3 is 2.73 bits per heavy atom. The minimum Gasteiger partial charge on any atom is -0.304 e. The number of hydrogen-bond acceptors (Lipinski definition) is 5. The van der Waals surface area contributed by atoms with Crippen molar-refractivity contribution in [2.24, 2.45) is 0 Å². The Labute approximate surface area is 134 Å². The molecule has 0 unspecified atom stereocenters. The lowest BCUT2D eigenvalue weighted by Crippen LogP contribution is -2.32. The molecule has 0 N–H and O–H groups in total. The Bertz CT molecular complexity index is 768. The highest BCUT2D eigenvalue weighted by Crippen LogP contribution is 2.48. The standard InChI is InChI=1S/C14H9ClN2O4S/c15-9-5-6-13-11(7-9)16(14(18)8-21-17(19)20)10-3-1-2-4-12(10)22-13/h1-7H,8H2. The maximum atomic E-state index is 12.4. The summed E-state index contributed by atoms with van der Waals surface area (Å²) in [6, 6.07) is 12.5. The average Bonchev–Trinajstić information content (AvgIpc) is 2.50. The van der Waals surface area contributed by atoms with Gasteiger partial charge in [-0.1, -0.05) is 35.5 Å². The number of benzene rings is 2. The van der Waals surface area contributed by atoms with E-state index in [2.05, 4.69) is 4.84 Å². The number of halogens is 1. The molecule has 112 valence electrons. The molecule has 6 nitrogen and oxygen atoms in total. The first-order valence-electron chi connectivity index (χ1n) is 6.23. The molecule has 0 atom stereocenters. The van der Waals surface area contributed by atoms with Crippen LogP contribution < -0.4 is 4.90 Å². The van der Waals surface area contributed by atoms with Gasteiger partial charge < -0.3 is 4.84 Å². The molecule has 3 rings (SSSR count). The maximum Gasteiger partial charge on any atom is 0.295 e. The molecule has 0 aliphatic carbocycles. The Balaban J connectivity index is 2.05. The van der Waals surface area contributed by atoms with Gasteiger partial charge in [-0.3, -0.25) is 9.69 Å². The van der Waals surface area contributed by atoms with Crippen LogP contribution in [-0.2, 0) is 9.63 Å². The molecule has 0 radical (unpaired) electrons. The van der Waals surface area contributed by atoms with Crippen molar-refractivity contribution in [3.05, 3.63) is 57.6 Å². The van der Waals surface area contributed by atoms with Gasteiger partial charge >= 0.3 is 0 Å². The van der Waals surface area contributed by atoms with Crippen LogP contribution >= 0.6 is 23.4 Å². The predicted octanol–water partition coefficient (Wildman–Crippen LogP) is 3.68. The topological polar surface area (TPSA) is 72.7 Å². The number of rotatable bonds is 3. The van der Waals surface area contributed by atoms with Crippen LogP contribution in [0.3, 0.4) is 0 Å². The third-order valence-corrected chi connectivity index (χ3v) is 4.40. The smallest absolute Gasteiger partial charge is 0.295 e. The molecule has 1 aliphatic heterocycles. The largest absolute Gasteiger partial charge is 0.304 e. The van der Waals surface area contributed by atoms with Crippen molar-refractivity contribution >= 4 is 40.6 Å². The predicted molar refractivity (Wildman–Crippen MR) is 82.1 cm³/mol. The van der Waals surface area contributed by atoms with E-state index in [0.29, 0.717) is 16.4 Å². The van der Waals surface area contributed by atoms with E-state index in [0.717, 1.165) is 9.79 Å². The highest BCUT2D eigenvalue weighted by Gasteiger charge is 2.28. The lowest BCUT2D eigenvalue weighted by molar-refractivity contribution is -0.754. The normalized spacial score (nSPS) is 12.3. The molecular weight excluding hydrogens is 328 g/mol. The summed E-state index contributed by atoms with van der Waals surface area (Å²) < 4.78 is 0. The number of nitrogens with zero attached hydrogens (tertiary/aromatic N) is 2. The summed E-state index contributed by atoms with van der Waals surface area (Å²) in [5, 5.41) is 9.81. The molecule has 0 fully saturated rings. The molecule has 1 amide bonds. The third kappa shape index (κ3) is 2.72. The number of hydrogen-bond donors (Lipinski definition) is 0. The van der Waals surface area contributed by atoms with Crippen LogP contribution in [0.2, 0.25) is 5.02 Å². The molecule has 0 aromatic heterocycles. The van der Waals surface area contributed by atoms with Crippen molar-refractivity contribution in [2.45, 2.75) is 9.79 Å². The summed E-state index contributed by atoms with van der Waals surface area (Å²) in [6.45, 7) is -0.655. The molecule has 22 heavy (non-hydrogen) atoms. The number of fused-ring (bicyclic) bond motifs is 2. The minimum atomic E-state index is -0.985. The van der Waals surface area contributed by atoms with Crippen LogP contribution in [0.4, 0.5) is 11.4 Å². The molecule has 2 aromatic rings. The first kappa shape index (κ1) is 14.7.